The van der Waals surface area contributed by atoms with Crippen LogP contribution in [0.4, 0.5) is 0 Å². The first-order valence-electron chi connectivity index (χ1n) is 2.78. The molecule has 0 heterocycles. The maximum Gasteiger partial charge on any atom is 0.359 e. The van der Waals surface area contributed by atoms with Crippen molar-refractivity contribution in [3.63, 3.8) is 0 Å². The molecule has 0 amide bonds. The van der Waals surface area contributed by atoms with Gasteiger partial charge in [-0.3, -0.25) is 0 Å². The molecule has 0 fully saturated rings. The van der Waals surface area contributed by atoms with Crippen molar-refractivity contribution in [2.45, 2.75) is 16.8 Å². The third-order valence-electron chi connectivity index (χ3n) is 0.856. The summed E-state index contributed by atoms with van der Waals surface area (Å²) < 4.78 is 2.61. The SMILES string of the molecule is C=CC(C)OC(=O)C(Cl)(Cl)Cl. The van der Waals surface area contributed by atoms with Gasteiger partial charge in [-0.2, -0.15) is 0 Å². The van der Waals surface area contributed by atoms with Gasteiger partial charge >= 0.3 is 5.97 Å². The van der Waals surface area contributed by atoms with Crippen LogP contribution in [0.15, 0.2) is 12.7 Å². The predicted molar refractivity (Wildman–Crippen MR) is 46.0 cm³/mol. The highest BCUT2D eigenvalue weighted by molar-refractivity contribution is 6.75. The number of carbonyl (C=O) groups is 1. The molecule has 11 heavy (non-hydrogen) atoms. The van der Waals surface area contributed by atoms with Gasteiger partial charge in [-0.05, 0) is 6.92 Å². The second-order valence-electron chi connectivity index (χ2n) is 1.84. The first-order chi connectivity index (χ1) is 4.88. The summed E-state index contributed by atoms with van der Waals surface area (Å²) in [5, 5.41) is 0. The largest absolute Gasteiger partial charge is 0.455 e. The Morgan fingerprint density at radius 3 is 2.36 bits per heavy atom. The van der Waals surface area contributed by atoms with Crippen LogP contribution in [0.25, 0.3) is 0 Å². The lowest BCUT2D eigenvalue weighted by Gasteiger charge is -2.13. The predicted octanol–water partition coefficient (Wildman–Crippen LogP) is 2.47. The number of halogens is 3. The molecular formula is C6H7Cl3O2. The summed E-state index contributed by atoms with van der Waals surface area (Å²) in [6, 6.07) is 0. The molecule has 0 aliphatic carbocycles. The molecule has 0 aliphatic rings. The van der Waals surface area contributed by atoms with Gasteiger partial charge in [-0.25, -0.2) is 4.79 Å². The molecule has 5 heteroatoms. The number of hydrogen-bond donors (Lipinski definition) is 0. The van der Waals surface area contributed by atoms with E-state index in [2.05, 4.69) is 11.3 Å². The van der Waals surface area contributed by atoms with E-state index in [1.165, 1.54) is 6.08 Å². The van der Waals surface area contributed by atoms with E-state index in [9.17, 15) is 4.79 Å². The fraction of sp³-hybridized carbons (Fsp3) is 0.500. The summed E-state index contributed by atoms with van der Waals surface area (Å²) in [4.78, 5) is 10.8. The second-order valence-corrected chi connectivity index (χ2v) is 4.13. The number of ether oxygens (including phenoxy) is 1. The van der Waals surface area contributed by atoms with E-state index in [4.69, 9.17) is 34.8 Å². The normalized spacial score (nSPS) is 13.8. The monoisotopic (exact) mass is 216 g/mol. The summed E-state index contributed by atoms with van der Waals surface area (Å²) >= 11 is 15.6. The van der Waals surface area contributed by atoms with Crippen LogP contribution in [0.3, 0.4) is 0 Å². The van der Waals surface area contributed by atoms with Crippen LogP contribution in [-0.2, 0) is 9.53 Å². The minimum absolute atomic E-state index is 0.446. The molecule has 0 saturated heterocycles. The molecule has 0 radical (unpaired) electrons. The zero-order valence-electron chi connectivity index (χ0n) is 5.81. The van der Waals surface area contributed by atoms with Gasteiger partial charge in [0.2, 0.25) is 0 Å². The zero-order chi connectivity index (χ0) is 9.07. The molecule has 0 aromatic heterocycles. The lowest BCUT2D eigenvalue weighted by Crippen LogP contribution is -2.25. The van der Waals surface area contributed by atoms with Crippen molar-refractivity contribution < 1.29 is 9.53 Å². The molecule has 1 atom stereocenters. The van der Waals surface area contributed by atoms with Crippen molar-refractivity contribution >= 4 is 40.8 Å². The highest BCUT2D eigenvalue weighted by atomic mass is 35.6. The summed E-state index contributed by atoms with van der Waals surface area (Å²) in [6.45, 7) is 5.00. The van der Waals surface area contributed by atoms with Crippen LogP contribution in [0, 0.1) is 0 Å². The van der Waals surface area contributed by atoms with Crippen LogP contribution in [0.1, 0.15) is 6.92 Å². The summed E-state index contributed by atoms with van der Waals surface area (Å²) in [7, 11) is 0. The van der Waals surface area contributed by atoms with Crippen molar-refractivity contribution in [1.29, 1.82) is 0 Å². The average Bonchev–Trinajstić information content (AvgIpc) is 1.85. The van der Waals surface area contributed by atoms with Crippen molar-refractivity contribution in [2.24, 2.45) is 0 Å². The molecule has 0 spiro atoms. The van der Waals surface area contributed by atoms with Crippen molar-refractivity contribution in [3.8, 4) is 0 Å². The smallest absolute Gasteiger partial charge is 0.359 e. The number of alkyl halides is 3. The van der Waals surface area contributed by atoms with Gasteiger partial charge in [0, 0.05) is 0 Å². The molecule has 0 N–H and O–H groups in total. The van der Waals surface area contributed by atoms with Gasteiger partial charge in [0.05, 0.1) is 0 Å². The second kappa shape index (κ2) is 4.19. The molecule has 0 rings (SSSR count). The van der Waals surface area contributed by atoms with Gasteiger partial charge in [-0.15, -0.1) is 0 Å². The van der Waals surface area contributed by atoms with Gasteiger partial charge in [0.25, 0.3) is 3.79 Å². The van der Waals surface area contributed by atoms with E-state index >= 15 is 0 Å². The molecule has 0 aromatic carbocycles. The standard InChI is InChI=1S/C6H7Cl3O2/c1-3-4(2)11-5(10)6(7,8)9/h3-4H,1H2,2H3. The zero-order valence-corrected chi connectivity index (χ0v) is 8.08. The third-order valence-corrected chi connectivity index (χ3v) is 1.32. The van der Waals surface area contributed by atoms with Gasteiger partial charge in [0.1, 0.15) is 6.10 Å². The van der Waals surface area contributed by atoms with Gasteiger partial charge in [-0.1, -0.05) is 47.5 Å². The Kier molecular flexibility index (Phi) is 4.22. The molecule has 0 aromatic rings. The quantitative estimate of drug-likeness (QED) is 0.403. The Balaban J connectivity index is 3.98. The Bertz CT molecular complexity index is 162. The van der Waals surface area contributed by atoms with Gasteiger partial charge < -0.3 is 4.74 Å². The van der Waals surface area contributed by atoms with E-state index < -0.39 is 15.9 Å². The molecule has 2 nitrogen and oxygen atoms in total. The molecular weight excluding hydrogens is 210 g/mol. The summed E-state index contributed by atoms with van der Waals surface area (Å²) in [6.07, 6.45) is 0.979. The van der Waals surface area contributed by atoms with Crippen LogP contribution < -0.4 is 0 Å². The minimum Gasteiger partial charge on any atom is -0.455 e. The average molecular weight is 217 g/mol. The molecule has 0 bridgehead atoms. The first kappa shape index (κ1) is 11.1. The molecule has 64 valence electrons. The molecule has 0 saturated carbocycles. The van der Waals surface area contributed by atoms with Crippen LogP contribution >= 0.6 is 34.8 Å². The Labute approximate surface area is 80.1 Å². The lowest BCUT2D eigenvalue weighted by molar-refractivity contribution is -0.145. The number of rotatable bonds is 2. The lowest BCUT2D eigenvalue weighted by atomic mass is 10.4. The first-order valence-corrected chi connectivity index (χ1v) is 3.91. The third kappa shape index (κ3) is 4.51. The Morgan fingerprint density at radius 1 is 1.64 bits per heavy atom. The summed E-state index contributed by atoms with van der Waals surface area (Å²) in [5.74, 6) is -0.894. The van der Waals surface area contributed by atoms with Crippen LogP contribution in [0.5, 0.6) is 0 Å². The number of carbonyl (C=O) groups excluding carboxylic acids is 1. The maximum absolute atomic E-state index is 10.8. The van der Waals surface area contributed by atoms with Gasteiger partial charge in [0.15, 0.2) is 0 Å². The van der Waals surface area contributed by atoms with E-state index in [0.717, 1.165) is 0 Å². The number of hydrogen-bond acceptors (Lipinski definition) is 2. The van der Waals surface area contributed by atoms with E-state index in [0.29, 0.717) is 0 Å². The van der Waals surface area contributed by atoms with Crippen molar-refractivity contribution in [1.82, 2.24) is 0 Å². The van der Waals surface area contributed by atoms with Crippen molar-refractivity contribution in [2.75, 3.05) is 0 Å². The topological polar surface area (TPSA) is 26.3 Å². The summed E-state index contributed by atoms with van der Waals surface area (Å²) in [5.41, 5.74) is 0. The van der Waals surface area contributed by atoms with E-state index in [-0.39, 0.29) is 0 Å². The van der Waals surface area contributed by atoms with Crippen molar-refractivity contribution in [3.05, 3.63) is 12.7 Å². The number of esters is 1. The molecule has 1 unspecified atom stereocenters. The van der Waals surface area contributed by atoms with Crippen LogP contribution in [-0.4, -0.2) is 15.9 Å². The minimum atomic E-state index is -2.00. The van der Waals surface area contributed by atoms with E-state index in [1.54, 1.807) is 6.92 Å². The maximum atomic E-state index is 10.8. The Morgan fingerprint density at radius 2 is 2.09 bits per heavy atom. The fourth-order valence-electron chi connectivity index (χ4n) is 0.284. The van der Waals surface area contributed by atoms with Crippen LogP contribution in [0.2, 0.25) is 0 Å². The van der Waals surface area contributed by atoms with E-state index in [1.807, 2.05) is 0 Å². The fourth-order valence-corrected chi connectivity index (χ4v) is 0.417. The molecule has 0 aliphatic heterocycles. The highest BCUT2D eigenvalue weighted by Gasteiger charge is 2.33. The Hall–Kier alpha value is 0.0800. The highest BCUT2D eigenvalue weighted by Crippen LogP contribution is 2.27.